The molecule has 1 fully saturated rings. The number of benzene rings is 2. The molecule has 0 bridgehead atoms. The minimum atomic E-state index is -1.04. The van der Waals surface area contributed by atoms with Crippen molar-refractivity contribution < 1.29 is 33.5 Å². The molecule has 0 saturated carbocycles. The van der Waals surface area contributed by atoms with Crippen LogP contribution in [0.1, 0.15) is 25.0 Å². The van der Waals surface area contributed by atoms with Crippen LogP contribution in [0.15, 0.2) is 45.8 Å². The first-order valence-corrected chi connectivity index (χ1v) is 11.9. The van der Waals surface area contributed by atoms with E-state index in [0.29, 0.717) is 27.1 Å². The maximum absolute atomic E-state index is 12.8. The van der Waals surface area contributed by atoms with Crippen molar-refractivity contribution in [2.75, 3.05) is 13.7 Å². The van der Waals surface area contributed by atoms with Crippen LogP contribution in [-0.4, -0.2) is 46.7 Å². The number of nitrogens with zero attached hydrogens (tertiary/aromatic N) is 2. The van der Waals surface area contributed by atoms with Crippen LogP contribution in [0.25, 0.3) is 6.08 Å². The second kappa shape index (κ2) is 11.4. The molecule has 0 unspecified atom stereocenters. The summed E-state index contributed by atoms with van der Waals surface area (Å²) in [6.07, 6.45) is 1.51. The van der Waals surface area contributed by atoms with Crippen LogP contribution in [0, 0.1) is 10.1 Å². The summed E-state index contributed by atoms with van der Waals surface area (Å²) in [7, 11) is 1.45. The van der Waals surface area contributed by atoms with Crippen LogP contribution in [0.2, 0.25) is 0 Å². The smallest absolute Gasteiger partial charge is 0.329 e. The van der Waals surface area contributed by atoms with Crippen LogP contribution < -0.4 is 9.47 Å². The normalized spacial score (nSPS) is 15.3. The third-order valence-electron chi connectivity index (χ3n) is 4.89. The number of non-ortho nitro benzene ring substituents is 1. The van der Waals surface area contributed by atoms with Gasteiger partial charge in [-0.3, -0.25) is 24.6 Å². The molecule has 1 heterocycles. The molecule has 35 heavy (non-hydrogen) atoms. The molecule has 1 aliphatic heterocycles. The molecule has 12 heteroatoms. The molecule has 10 nitrogen and oxygen atoms in total. The number of rotatable bonds is 9. The Morgan fingerprint density at radius 2 is 2.03 bits per heavy atom. The number of amides is 2. The van der Waals surface area contributed by atoms with E-state index in [1.165, 1.54) is 32.2 Å². The van der Waals surface area contributed by atoms with E-state index in [4.69, 9.17) is 14.2 Å². The second-order valence-electron chi connectivity index (χ2n) is 7.23. The first kappa shape index (κ1) is 26.2. The van der Waals surface area contributed by atoms with E-state index in [2.05, 4.69) is 15.9 Å². The zero-order chi connectivity index (χ0) is 25.7. The topological polar surface area (TPSA) is 125 Å². The fourth-order valence-corrected chi connectivity index (χ4v) is 4.69. The van der Waals surface area contributed by atoms with Gasteiger partial charge in [0.25, 0.3) is 16.8 Å². The van der Waals surface area contributed by atoms with E-state index < -0.39 is 28.1 Å². The third-order valence-corrected chi connectivity index (χ3v) is 6.37. The molecule has 2 amide bonds. The summed E-state index contributed by atoms with van der Waals surface area (Å²) in [4.78, 5) is 48.7. The first-order valence-electron chi connectivity index (χ1n) is 10.3. The lowest BCUT2D eigenvalue weighted by molar-refractivity contribution is -0.384. The molecule has 0 N–H and O–H groups in total. The van der Waals surface area contributed by atoms with E-state index >= 15 is 0 Å². The number of ether oxygens (including phenoxy) is 3. The summed E-state index contributed by atoms with van der Waals surface area (Å²) in [5.74, 6) is -0.553. The number of thioether (sulfide) groups is 1. The van der Waals surface area contributed by atoms with Gasteiger partial charge in [-0.2, -0.15) is 0 Å². The van der Waals surface area contributed by atoms with Crippen molar-refractivity contribution >= 4 is 56.6 Å². The Balaban J connectivity index is 1.82. The number of hydrogen-bond acceptors (Lipinski definition) is 9. The molecule has 1 saturated heterocycles. The standard InChI is InChI=1S/C23H21BrN2O8S/c1-4-33-22(28)13(2)25-21(27)19(35-23(25)29)11-15-9-17(24)20(18(10-15)32-3)34-12-14-6-5-7-16(8-14)26(30)31/h5-11,13H,4,12H2,1-3H3/b19-11+/t13-/m0/s1. The van der Waals surface area contributed by atoms with Gasteiger partial charge in [-0.25, -0.2) is 4.79 Å². The molecular formula is C23H21BrN2O8S. The number of halogens is 1. The first-order chi connectivity index (χ1) is 16.7. The average Bonchev–Trinajstić information content (AvgIpc) is 3.10. The fourth-order valence-electron chi connectivity index (χ4n) is 3.21. The van der Waals surface area contributed by atoms with E-state index in [1.54, 1.807) is 31.2 Å². The summed E-state index contributed by atoms with van der Waals surface area (Å²) in [5, 5.41) is 10.4. The lowest BCUT2D eigenvalue weighted by Gasteiger charge is -2.19. The highest BCUT2D eigenvalue weighted by atomic mass is 79.9. The SMILES string of the molecule is CCOC(=O)[C@H](C)N1C(=O)S/C(=C/c2cc(Br)c(OCc3cccc([N+](=O)[O-])c3)c(OC)c2)C1=O. The number of nitro benzene ring substituents is 1. The number of imide groups is 1. The zero-order valence-corrected chi connectivity index (χ0v) is 21.4. The summed E-state index contributed by atoms with van der Waals surface area (Å²) in [6.45, 7) is 3.27. The van der Waals surface area contributed by atoms with Crippen molar-refractivity contribution in [3.05, 3.63) is 67.0 Å². The Hall–Kier alpha value is -3.38. The molecule has 2 aromatic rings. The van der Waals surface area contributed by atoms with Gasteiger partial charge in [-0.1, -0.05) is 12.1 Å². The molecule has 2 aromatic carbocycles. The van der Waals surface area contributed by atoms with Crippen LogP contribution in [-0.2, 0) is 20.9 Å². The highest BCUT2D eigenvalue weighted by Gasteiger charge is 2.41. The number of nitro groups is 1. The molecule has 1 aliphatic rings. The van der Waals surface area contributed by atoms with Crippen LogP contribution >= 0.6 is 27.7 Å². The molecule has 0 spiro atoms. The van der Waals surface area contributed by atoms with Gasteiger partial charge in [0, 0.05) is 12.1 Å². The van der Waals surface area contributed by atoms with Gasteiger partial charge in [0.15, 0.2) is 11.5 Å². The number of carbonyl (C=O) groups excluding carboxylic acids is 3. The maximum atomic E-state index is 12.8. The lowest BCUT2D eigenvalue weighted by Crippen LogP contribution is -2.42. The Morgan fingerprint density at radius 3 is 2.69 bits per heavy atom. The number of carbonyl (C=O) groups is 3. The van der Waals surface area contributed by atoms with Crippen molar-refractivity contribution in [3.63, 3.8) is 0 Å². The van der Waals surface area contributed by atoms with Crippen molar-refractivity contribution in [2.45, 2.75) is 26.5 Å². The summed E-state index contributed by atoms with van der Waals surface area (Å²) in [6, 6.07) is 8.34. The minimum absolute atomic E-state index is 0.0429. The van der Waals surface area contributed by atoms with E-state index in [1.807, 2.05) is 0 Å². The zero-order valence-electron chi connectivity index (χ0n) is 19.0. The quantitative estimate of drug-likeness (QED) is 0.180. The summed E-state index contributed by atoms with van der Waals surface area (Å²) in [5.41, 5.74) is 1.10. The molecule has 0 aromatic heterocycles. The predicted octanol–water partition coefficient (Wildman–Crippen LogP) is 4.93. The van der Waals surface area contributed by atoms with E-state index in [0.717, 1.165) is 16.7 Å². The van der Waals surface area contributed by atoms with Gasteiger partial charge in [-0.05, 0) is 70.9 Å². The van der Waals surface area contributed by atoms with Gasteiger partial charge < -0.3 is 14.2 Å². The van der Waals surface area contributed by atoms with Gasteiger partial charge in [0.1, 0.15) is 12.6 Å². The largest absolute Gasteiger partial charge is 0.493 e. The molecule has 184 valence electrons. The predicted molar refractivity (Wildman–Crippen MR) is 132 cm³/mol. The number of hydrogen-bond donors (Lipinski definition) is 0. The second-order valence-corrected chi connectivity index (χ2v) is 9.08. The van der Waals surface area contributed by atoms with Crippen molar-refractivity contribution in [2.24, 2.45) is 0 Å². The van der Waals surface area contributed by atoms with Crippen LogP contribution in [0.4, 0.5) is 10.5 Å². The van der Waals surface area contributed by atoms with Gasteiger partial charge in [0.2, 0.25) is 0 Å². The minimum Gasteiger partial charge on any atom is -0.493 e. The van der Waals surface area contributed by atoms with Crippen LogP contribution in [0.3, 0.4) is 0 Å². The molecule has 3 rings (SSSR count). The van der Waals surface area contributed by atoms with Crippen molar-refractivity contribution in [1.29, 1.82) is 0 Å². The van der Waals surface area contributed by atoms with E-state index in [9.17, 15) is 24.5 Å². The summed E-state index contributed by atoms with van der Waals surface area (Å²) >= 11 is 4.15. The molecule has 0 aliphatic carbocycles. The highest BCUT2D eigenvalue weighted by molar-refractivity contribution is 9.10. The Labute approximate surface area is 213 Å². The lowest BCUT2D eigenvalue weighted by atomic mass is 10.1. The Kier molecular flexibility index (Phi) is 8.52. The Bertz CT molecular complexity index is 1220. The van der Waals surface area contributed by atoms with Crippen LogP contribution in [0.5, 0.6) is 11.5 Å². The number of methoxy groups -OCH3 is 1. The van der Waals surface area contributed by atoms with Gasteiger partial charge in [0.05, 0.1) is 28.0 Å². The third kappa shape index (κ3) is 6.01. The van der Waals surface area contributed by atoms with E-state index in [-0.39, 0.29) is 23.8 Å². The monoisotopic (exact) mass is 564 g/mol. The summed E-state index contributed by atoms with van der Waals surface area (Å²) < 4.78 is 16.7. The van der Waals surface area contributed by atoms with Crippen molar-refractivity contribution in [1.82, 2.24) is 4.90 Å². The molecule has 0 radical (unpaired) electrons. The molecular weight excluding hydrogens is 544 g/mol. The fraction of sp³-hybridized carbons (Fsp3) is 0.261. The van der Waals surface area contributed by atoms with Gasteiger partial charge in [-0.15, -0.1) is 0 Å². The maximum Gasteiger partial charge on any atom is 0.329 e. The molecule has 1 atom stereocenters. The van der Waals surface area contributed by atoms with Crippen molar-refractivity contribution in [3.8, 4) is 11.5 Å². The highest BCUT2D eigenvalue weighted by Crippen LogP contribution is 2.40. The number of esters is 1. The average molecular weight is 565 g/mol. The van der Waals surface area contributed by atoms with Gasteiger partial charge >= 0.3 is 5.97 Å². The Morgan fingerprint density at radius 1 is 1.29 bits per heavy atom.